The van der Waals surface area contributed by atoms with Crippen LogP contribution < -0.4 is 0 Å². The number of benzene rings is 2. The van der Waals surface area contributed by atoms with Gasteiger partial charge in [0.1, 0.15) is 5.75 Å². The monoisotopic (exact) mass is 393 g/mol. The molecule has 1 heterocycles. The second kappa shape index (κ2) is 9.21. The van der Waals surface area contributed by atoms with Crippen LogP contribution in [-0.4, -0.2) is 47.1 Å². The van der Waals surface area contributed by atoms with Gasteiger partial charge in [-0.1, -0.05) is 48.5 Å². The van der Waals surface area contributed by atoms with Crippen LogP contribution >= 0.6 is 0 Å². The average molecular weight is 393 g/mol. The molecule has 0 aliphatic carbocycles. The zero-order valence-corrected chi connectivity index (χ0v) is 16.1. The number of aliphatic hydroxyl groups excluding tert-OH is 1. The van der Waals surface area contributed by atoms with Crippen molar-refractivity contribution < 1.29 is 24.5 Å². The van der Waals surface area contributed by atoms with Crippen molar-refractivity contribution in [2.24, 2.45) is 0 Å². The number of phenolic OH excluding ortho intramolecular Hbond substituents is 1. The van der Waals surface area contributed by atoms with Gasteiger partial charge in [-0.25, -0.2) is 0 Å². The van der Waals surface area contributed by atoms with Gasteiger partial charge in [-0.15, -0.1) is 0 Å². The van der Waals surface area contributed by atoms with E-state index in [0.717, 1.165) is 5.56 Å². The molecule has 1 aliphatic rings. The fourth-order valence-corrected chi connectivity index (χ4v) is 3.34. The molecule has 2 aromatic carbocycles. The molecule has 0 saturated carbocycles. The number of methoxy groups -OCH3 is 1. The minimum atomic E-state index is -0.729. The minimum absolute atomic E-state index is 0.0327. The van der Waals surface area contributed by atoms with Crippen LogP contribution in [0.1, 0.15) is 23.6 Å². The number of ketones is 1. The van der Waals surface area contributed by atoms with Crippen LogP contribution in [0.15, 0.2) is 72.0 Å². The smallest absolute Gasteiger partial charge is 0.290 e. The largest absolute Gasteiger partial charge is 0.508 e. The third-order valence-corrected chi connectivity index (χ3v) is 4.75. The topological polar surface area (TPSA) is 87.1 Å². The second-order valence-electron chi connectivity index (χ2n) is 6.71. The van der Waals surface area contributed by atoms with Crippen molar-refractivity contribution in [2.75, 3.05) is 20.3 Å². The van der Waals surface area contributed by atoms with E-state index in [1.54, 1.807) is 25.3 Å². The normalized spacial score (nSPS) is 16.8. The zero-order chi connectivity index (χ0) is 20.8. The summed E-state index contributed by atoms with van der Waals surface area (Å²) in [6.07, 6.45) is 3.57. The lowest BCUT2D eigenvalue weighted by Gasteiger charge is -2.26. The molecular formula is C23H23NO5. The van der Waals surface area contributed by atoms with Crippen LogP contribution in [0.4, 0.5) is 0 Å². The Balaban J connectivity index is 1.94. The summed E-state index contributed by atoms with van der Waals surface area (Å²) in [5, 5.41) is 20.1. The Morgan fingerprint density at radius 2 is 1.79 bits per heavy atom. The molecule has 2 aromatic rings. The van der Waals surface area contributed by atoms with Crippen LogP contribution in [0, 0.1) is 0 Å². The van der Waals surface area contributed by atoms with Gasteiger partial charge in [0.25, 0.3) is 5.91 Å². The van der Waals surface area contributed by atoms with Crippen molar-refractivity contribution in [3.8, 4) is 5.75 Å². The van der Waals surface area contributed by atoms with E-state index < -0.39 is 23.5 Å². The lowest BCUT2D eigenvalue weighted by molar-refractivity contribution is -0.129. The Hall–Kier alpha value is -3.38. The van der Waals surface area contributed by atoms with Crippen molar-refractivity contribution >= 4 is 17.8 Å². The van der Waals surface area contributed by atoms with E-state index in [0.29, 0.717) is 25.1 Å². The zero-order valence-electron chi connectivity index (χ0n) is 16.1. The molecule has 1 amide bonds. The van der Waals surface area contributed by atoms with Gasteiger partial charge in [0, 0.05) is 20.3 Å². The van der Waals surface area contributed by atoms with Crippen molar-refractivity contribution in [3.63, 3.8) is 0 Å². The van der Waals surface area contributed by atoms with E-state index in [9.17, 15) is 19.8 Å². The molecule has 2 N–H and O–H groups in total. The predicted molar refractivity (Wildman–Crippen MR) is 109 cm³/mol. The SMILES string of the molecule is COCCCN1C(=O)C(O)=C(C(=O)C=Cc2ccccc2)C1c1ccc(O)cc1. The van der Waals surface area contributed by atoms with Gasteiger partial charge < -0.3 is 19.8 Å². The molecule has 3 rings (SSSR count). The maximum absolute atomic E-state index is 12.9. The standard InChI is InChI=1S/C23H23NO5/c1-29-15-5-14-24-21(17-9-11-18(25)12-10-17)20(22(27)23(24)28)19(26)13-8-16-6-3-2-4-7-16/h2-4,6-13,21,25,27H,5,14-15H2,1H3. The van der Waals surface area contributed by atoms with Crippen LogP contribution in [0.5, 0.6) is 5.75 Å². The number of aromatic hydroxyl groups is 1. The van der Waals surface area contributed by atoms with E-state index >= 15 is 0 Å². The molecule has 150 valence electrons. The molecule has 0 bridgehead atoms. The summed E-state index contributed by atoms with van der Waals surface area (Å²) in [5.41, 5.74) is 1.50. The summed E-state index contributed by atoms with van der Waals surface area (Å²) in [5.74, 6) is -1.49. The Labute approximate surface area is 169 Å². The number of rotatable bonds is 8. The molecule has 6 nitrogen and oxygen atoms in total. The lowest BCUT2D eigenvalue weighted by Crippen LogP contribution is -2.32. The van der Waals surface area contributed by atoms with E-state index in [4.69, 9.17) is 4.74 Å². The van der Waals surface area contributed by atoms with Gasteiger partial charge in [0.05, 0.1) is 11.6 Å². The first-order chi connectivity index (χ1) is 14.0. The van der Waals surface area contributed by atoms with Gasteiger partial charge in [-0.2, -0.15) is 0 Å². The molecule has 0 saturated heterocycles. The number of ether oxygens (including phenoxy) is 1. The molecule has 29 heavy (non-hydrogen) atoms. The Morgan fingerprint density at radius 3 is 2.45 bits per heavy atom. The number of aliphatic hydroxyl groups is 1. The van der Waals surface area contributed by atoms with Gasteiger partial charge >= 0.3 is 0 Å². The first-order valence-electron chi connectivity index (χ1n) is 9.32. The molecule has 0 radical (unpaired) electrons. The second-order valence-corrected chi connectivity index (χ2v) is 6.71. The van der Waals surface area contributed by atoms with Crippen molar-refractivity contribution in [2.45, 2.75) is 12.5 Å². The van der Waals surface area contributed by atoms with Crippen molar-refractivity contribution in [1.82, 2.24) is 4.90 Å². The summed E-state index contributed by atoms with van der Waals surface area (Å²) >= 11 is 0. The van der Waals surface area contributed by atoms with Gasteiger partial charge in [0.15, 0.2) is 11.5 Å². The summed E-state index contributed by atoms with van der Waals surface area (Å²) in [4.78, 5) is 27.1. The van der Waals surface area contributed by atoms with Gasteiger partial charge in [-0.05, 0) is 35.8 Å². The number of allylic oxidation sites excluding steroid dienone is 1. The van der Waals surface area contributed by atoms with E-state index in [1.165, 1.54) is 23.1 Å². The van der Waals surface area contributed by atoms with Crippen molar-refractivity contribution in [3.05, 3.63) is 83.1 Å². The van der Waals surface area contributed by atoms with Gasteiger partial charge in [-0.3, -0.25) is 9.59 Å². The Kier molecular flexibility index (Phi) is 6.46. The molecule has 0 fully saturated rings. The first-order valence-corrected chi connectivity index (χ1v) is 9.32. The Bertz CT molecular complexity index is 932. The maximum Gasteiger partial charge on any atom is 0.290 e. The number of hydrogen-bond donors (Lipinski definition) is 2. The molecule has 0 aromatic heterocycles. The minimum Gasteiger partial charge on any atom is -0.508 e. The molecule has 1 aliphatic heterocycles. The summed E-state index contributed by atoms with van der Waals surface area (Å²) in [7, 11) is 1.57. The Morgan fingerprint density at radius 1 is 1.10 bits per heavy atom. The fraction of sp³-hybridized carbons (Fsp3) is 0.217. The third-order valence-electron chi connectivity index (χ3n) is 4.75. The van der Waals surface area contributed by atoms with Crippen LogP contribution in [0.2, 0.25) is 0 Å². The fourth-order valence-electron chi connectivity index (χ4n) is 3.34. The first kappa shape index (κ1) is 20.4. The predicted octanol–water partition coefficient (Wildman–Crippen LogP) is 3.41. The highest BCUT2D eigenvalue weighted by Gasteiger charge is 2.42. The van der Waals surface area contributed by atoms with Crippen LogP contribution in [0.3, 0.4) is 0 Å². The number of carbonyl (C=O) groups excluding carboxylic acids is 2. The van der Waals surface area contributed by atoms with Crippen molar-refractivity contribution in [1.29, 1.82) is 0 Å². The number of amides is 1. The van der Waals surface area contributed by atoms with Gasteiger partial charge in [0.2, 0.25) is 0 Å². The van der Waals surface area contributed by atoms with E-state index in [1.807, 2.05) is 30.3 Å². The van der Waals surface area contributed by atoms with Crippen LogP contribution in [0.25, 0.3) is 6.08 Å². The molecule has 0 spiro atoms. The van der Waals surface area contributed by atoms with Crippen LogP contribution in [-0.2, 0) is 14.3 Å². The number of nitrogens with zero attached hydrogens (tertiary/aromatic N) is 1. The quantitative estimate of drug-likeness (QED) is 0.530. The number of hydrogen-bond acceptors (Lipinski definition) is 5. The summed E-state index contributed by atoms with van der Waals surface area (Å²) < 4.78 is 5.06. The highest BCUT2D eigenvalue weighted by atomic mass is 16.5. The van der Waals surface area contributed by atoms with E-state index in [2.05, 4.69) is 0 Å². The number of phenols is 1. The molecule has 6 heteroatoms. The molecule has 1 atom stereocenters. The average Bonchev–Trinajstić information content (AvgIpc) is 2.98. The highest BCUT2D eigenvalue weighted by Crippen LogP contribution is 2.38. The maximum atomic E-state index is 12.9. The molecule has 1 unspecified atom stereocenters. The van der Waals surface area contributed by atoms with E-state index in [-0.39, 0.29) is 11.3 Å². The number of carbonyl (C=O) groups is 2. The third kappa shape index (κ3) is 4.55. The summed E-state index contributed by atoms with van der Waals surface area (Å²) in [6, 6.07) is 14.8. The lowest BCUT2D eigenvalue weighted by atomic mass is 9.95. The summed E-state index contributed by atoms with van der Waals surface area (Å²) in [6.45, 7) is 0.769. The molecular weight excluding hydrogens is 370 g/mol. The highest BCUT2D eigenvalue weighted by molar-refractivity contribution is 6.14.